The van der Waals surface area contributed by atoms with E-state index >= 15 is 0 Å². The molecule has 2 aromatic heterocycles. The average molecular weight is 296 g/mol. The first-order chi connectivity index (χ1) is 10.6. The Morgan fingerprint density at radius 3 is 2.55 bits per heavy atom. The highest BCUT2D eigenvalue weighted by atomic mass is 15.1. The summed E-state index contributed by atoms with van der Waals surface area (Å²) >= 11 is 0. The van der Waals surface area contributed by atoms with Crippen LogP contribution < -0.4 is 11.1 Å². The molecule has 0 amide bonds. The van der Waals surface area contributed by atoms with Gasteiger partial charge in [-0.3, -0.25) is 0 Å². The number of pyridine rings is 1. The van der Waals surface area contributed by atoms with Crippen molar-refractivity contribution >= 4 is 11.8 Å². The first-order valence-electron chi connectivity index (χ1n) is 7.33. The predicted molar refractivity (Wildman–Crippen MR) is 87.3 cm³/mol. The lowest BCUT2D eigenvalue weighted by Crippen LogP contribution is -2.05. The van der Waals surface area contributed by atoms with Gasteiger partial charge in [0.15, 0.2) is 0 Å². The van der Waals surface area contributed by atoms with Gasteiger partial charge in [-0.05, 0) is 18.4 Å². The fourth-order valence-corrected chi connectivity index (χ4v) is 2.02. The van der Waals surface area contributed by atoms with Crippen molar-refractivity contribution in [1.82, 2.24) is 15.0 Å². The molecule has 0 aliphatic carbocycles. The molecule has 114 valence electrons. The van der Waals surface area contributed by atoms with Crippen molar-refractivity contribution in [2.75, 3.05) is 17.6 Å². The fraction of sp³-hybridized carbons (Fsp3) is 0.375. The number of nitrogens with two attached hydrogens (primary N) is 1. The third-order valence-electron chi connectivity index (χ3n) is 3.27. The lowest BCUT2D eigenvalue weighted by Gasteiger charge is -2.12. The summed E-state index contributed by atoms with van der Waals surface area (Å²) in [5.74, 6) is 1.05. The normalized spacial score (nSPS) is 10.5. The Kier molecular flexibility index (Phi) is 4.89. The Bertz CT molecular complexity index is 685. The van der Waals surface area contributed by atoms with Crippen LogP contribution in [0.3, 0.4) is 0 Å². The van der Waals surface area contributed by atoms with Gasteiger partial charge < -0.3 is 11.1 Å². The Labute approximate surface area is 130 Å². The van der Waals surface area contributed by atoms with E-state index in [0.29, 0.717) is 11.5 Å². The number of hydrogen-bond donors (Lipinski definition) is 2. The second-order valence-corrected chi connectivity index (χ2v) is 5.34. The minimum Gasteiger partial charge on any atom is -0.383 e. The summed E-state index contributed by atoms with van der Waals surface area (Å²) in [4.78, 5) is 12.8. The molecule has 3 N–H and O–H groups in total. The van der Waals surface area contributed by atoms with Crippen LogP contribution >= 0.6 is 0 Å². The summed E-state index contributed by atoms with van der Waals surface area (Å²) in [5.41, 5.74) is 8.61. The molecule has 0 saturated heterocycles. The molecule has 0 unspecified atom stereocenters. The SMILES string of the molecule is CCCNc1ncc(-c2cc(C(C)C)nc(N)c2C#N)cn1. The van der Waals surface area contributed by atoms with Gasteiger partial charge in [0.1, 0.15) is 17.5 Å². The van der Waals surface area contributed by atoms with E-state index in [4.69, 9.17) is 5.73 Å². The zero-order valence-corrected chi connectivity index (χ0v) is 13.1. The van der Waals surface area contributed by atoms with E-state index in [9.17, 15) is 5.26 Å². The zero-order chi connectivity index (χ0) is 16.1. The van der Waals surface area contributed by atoms with E-state index in [-0.39, 0.29) is 11.7 Å². The van der Waals surface area contributed by atoms with Crippen LogP contribution in [0.2, 0.25) is 0 Å². The van der Waals surface area contributed by atoms with Gasteiger partial charge in [0, 0.05) is 35.8 Å². The molecule has 0 aliphatic rings. The van der Waals surface area contributed by atoms with Gasteiger partial charge in [0.05, 0.1) is 0 Å². The standard InChI is InChI=1S/C16H20N6/c1-4-5-19-16-20-8-11(9-21-16)12-6-14(10(2)3)22-15(18)13(12)7-17/h6,8-10H,4-5H2,1-3H3,(H2,18,22)(H,19,20,21). The van der Waals surface area contributed by atoms with E-state index in [0.717, 1.165) is 29.8 Å². The van der Waals surface area contributed by atoms with E-state index in [1.165, 1.54) is 0 Å². The number of hydrogen-bond acceptors (Lipinski definition) is 6. The van der Waals surface area contributed by atoms with Gasteiger partial charge in [-0.15, -0.1) is 0 Å². The van der Waals surface area contributed by atoms with Crippen LogP contribution in [-0.2, 0) is 0 Å². The molecule has 0 aromatic carbocycles. The van der Waals surface area contributed by atoms with Gasteiger partial charge in [-0.1, -0.05) is 20.8 Å². The smallest absolute Gasteiger partial charge is 0.222 e. The zero-order valence-electron chi connectivity index (χ0n) is 13.1. The first kappa shape index (κ1) is 15.7. The quantitative estimate of drug-likeness (QED) is 0.879. The van der Waals surface area contributed by atoms with Crippen molar-refractivity contribution in [3.63, 3.8) is 0 Å². The number of nitrogen functional groups attached to an aromatic ring is 1. The topological polar surface area (TPSA) is 101 Å². The molecule has 2 aromatic rings. The maximum absolute atomic E-state index is 9.34. The number of rotatable bonds is 5. The number of nitrogens with one attached hydrogen (secondary N) is 1. The Balaban J connectivity index is 2.44. The lowest BCUT2D eigenvalue weighted by atomic mass is 9.99. The molecule has 2 rings (SSSR count). The molecule has 6 heteroatoms. The summed E-state index contributed by atoms with van der Waals surface area (Å²) in [5, 5.41) is 12.5. The molecule has 0 bridgehead atoms. The molecule has 0 radical (unpaired) electrons. The summed E-state index contributed by atoms with van der Waals surface area (Å²) < 4.78 is 0. The first-order valence-corrected chi connectivity index (χ1v) is 7.33. The summed E-state index contributed by atoms with van der Waals surface area (Å²) in [6.07, 6.45) is 4.40. The van der Waals surface area contributed by atoms with E-state index in [1.54, 1.807) is 12.4 Å². The number of anilines is 2. The van der Waals surface area contributed by atoms with Gasteiger partial charge in [0.2, 0.25) is 5.95 Å². The third kappa shape index (κ3) is 3.31. The van der Waals surface area contributed by atoms with Crippen molar-refractivity contribution in [2.45, 2.75) is 33.1 Å². The molecule has 0 aliphatic heterocycles. The minimum atomic E-state index is 0.222. The molecular formula is C16H20N6. The Morgan fingerprint density at radius 2 is 2.00 bits per heavy atom. The number of nitrogens with zero attached hydrogens (tertiary/aromatic N) is 4. The van der Waals surface area contributed by atoms with Crippen LogP contribution in [0.5, 0.6) is 0 Å². The molecular weight excluding hydrogens is 276 g/mol. The maximum Gasteiger partial charge on any atom is 0.222 e. The Hall–Kier alpha value is -2.68. The summed E-state index contributed by atoms with van der Waals surface area (Å²) in [6, 6.07) is 4.01. The molecule has 0 saturated carbocycles. The van der Waals surface area contributed by atoms with Crippen molar-refractivity contribution < 1.29 is 0 Å². The van der Waals surface area contributed by atoms with Crippen molar-refractivity contribution in [1.29, 1.82) is 5.26 Å². The highest BCUT2D eigenvalue weighted by molar-refractivity contribution is 5.75. The van der Waals surface area contributed by atoms with Gasteiger partial charge in [0.25, 0.3) is 0 Å². The van der Waals surface area contributed by atoms with Crippen LogP contribution in [-0.4, -0.2) is 21.5 Å². The van der Waals surface area contributed by atoms with Crippen molar-refractivity contribution in [3.8, 4) is 17.2 Å². The van der Waals surface area contributed by atoms with E-state index < -0.39 is 0 Å². The van der Waals surface area contributed by atoms with Crippen LogP contribution in [0.1, 0.15) is 44.4 Å². The van der Waals surface area contributed by atoms with Gasteiger partial charge >= 0.3 is 0 Å². The number of aromatic nitrogens is 3. The highest BCUT2D eigenvalue weighted by Gasteiger charge is 2.14. The average Bonchev–Trinajstić information content (AvgIpc) is 2.52. The van der Waals surface area contributed by atoms with E-state index in [2.05, 4.69) is 33.3 Å². The largest absolute Gasteiger partial charge is 0.383 e. The predicted octanol–water partition coefficient (Wildman–Crippen LogP) is 2.94. The summed E-state index contributed by atoms with van der Waals surface area (Å²) in [7, 11) is 0. The third-order valence-corrected chi connectivity index (χ3v) is 3.27. The maximum atomic E-state index is 9.34. The van der Waals surface area contributed by atoms with Crippen LogP contribution in [0.4, 0.5) is 11.8 Å². The second kappa shape index (κ2) is 6.85. The van der Waals surface area contributed by atoms with Crippen molar-refractivity contribution in [3.05, 3.63) is 29.7 Å². The molecule has 22 heavy (non-hydrogen) atoms. The highest BCUT2D eigenvalue weighted by Crippen LogP contribution is 2.29. The van der Waals surface area contributed by atoms with Crippen LogP contribution in [0.15, 0.2) is 18.5 Å². The second-order valence-electron chi connectivity index (χ2n) is 5.34. The van der Waals surface area contributed by atoms with Gasteiger partial charge in [-0.25, -0.2) is 15.0 Å². The Morgan fingerprint density at radius 1 is 1.32 bits per heavy atom. The molecule has 0 spiro atoms. The van der Waals surface area contributed by atoms with E-state index in [1.807, 2.05) is 19.9 Å². The molecule has 0 fully saturated rings. The fourth-order valence-electron chi connectivity index (χ4n) is 2.02. The number of nitriles is 1. The lowest BCUT2D eigenvalue weighted by molar-refractivity contribution is 0.825. The molecule has 6 nitrogen and oxygen atoms in total. The van der Waals surface area contributed by atoms with Gasteiger partial charge in [-0.2, -0.15) is 5.26 Å². The van der Waals surface area contributed by atoms with Crippen molar-refractivity contribution in [2.24, 2.45) is 0 Å². The van der Waals surface area contributed by atoms with Crippen LogP contribution in [0, 0.1) is 11.3 Å². The molecule has 2 heterocycles. The minimum absolute atomic E-state index is 0.222. The summed E-state index contributed by atoms with van der Waals surface area (Å²) in [6.45, 7) is 6.97. The van der Waals surface area contributed by atoms with Crippen LogP contribution in [0.25, 0.3) is 11.1 Å². The molecule has 0 atom stereocenters. The monoisotopic (exact) mass is 296 g/mol.